The van der Waals surface area contributed by atoms with Gasteiger partial charge in [-0.1, -0.05) is 44.2 Å². The summed E-state index contributed by atoms with van der Waals surface area (Å²) in [5, 5.41) is 16.3. The number of phenolic OH excluding ortho intramolecular Hbond substituents is 1. The number of fused-ring (bicyclic) bond motifs is 2. The fraction of sp³-hybridized carbons (Fsp3) is 0.286. The minimum Gasteiger partial charge on any atom is -0.508 e. The van der Waals surface area contributed by atoms with Crippen LogP contribution < -0.4 is 10.6 Å². The summed E-state index contributed by atoms with van der Waals surface area (Å²) in [6.07, 6.45) is 0.684. The molecule has 2 aliphatic rings. The van der Waals surface area contributed by atoms with Gasteiger partial charge in [-0.25, -0.2) is 4.39 Å². The molecule has 0 saturated carbocycles. The molecule has 174 valence electrons. The van der Waals surface area contributed by atoms with Gasteiger partial charge in [0.25, 0.3) is 0 Å². The number of para-hydroxylation sites is 1. The van der Waals surface area contributed by atoms with Crippen LogP contribution in [-0.4, -0.2) is 22.8 Å². The molecule has 0 aromatic heterocycles. The van der Waals surface area contributed by atoms with Gasteiger partial charge in [-0.3, -0.25) is 14.9 Å². The number of Topliss-reactive ketones (excluding diaryl/α,β-unsaturated/α-hetero) is 1. The van der Waals surface area contributed by atoms with E-state index in [1.54, 1.807) is 24.3 Å². The Morgan fingerprint density at radius 3 is 2.38 bits per heavy atom. The number of halogens is 1. The van der Waals surface area contributed by atoms with Gasteiger partial charge in [0.1, 0.15) is 17.1 Å². The number of aromatic hydroxyl groups is 1. The van der Waals surface area contributed by atoms with Gasteiger partial charge in [-0.05, 0) is 60.4 Å². The van der Waals surface area contributed by atoms with E-state index in [9.17, 15) is 19.1 Å². The lowest BCUT2D eigenvalue weighted by Gasteiger charge is -2.32. The monoisotopic (exact) mass is 458 g/mol. The Balaban J connectivity index is 1.73. The molecule has 0 aliphatic carbocycles. The molecule has 1 spiro atoms. The second-order valence-electron chi connectivity index (χ2n) is 9.65. The van der Waals surface area contributed by atoms with Crippen LogP contribution in [0.1, 0.15) is 47.7 Å². The van der Waals surface area contributed by atoms with Gasteiger partial charge >= 0.3 is 0 Å². The maximum atomic E-state index is 14.0. The van der Waals surface area contributed by atoms with E-state index in [4.69, 9.17) is 0 Å². The van der Waals surface area contributed by atoms with E-state index in [0.29, 0.717) is 17.7 Å². The third-order valence-electron chi connectivity index (χ3n) is 7.04. The molecule has 6 heteroatoms. The Morgan fingerprint density at radius 2 is 1.71 bits per heavy atom. The summed E-state index contributed by atoms with van der Waals surface area (Å²) in [6.45, 7) is 4.18. The van der Waals surface area contributed by atoms with Crippen molar-refractivity contribution in [1.29, 1.82) is 0 Å². The molecular weight excluding hydrogens is 431 g/mol. The molecule has 3 aromatic rings. The van der Waals surface area contributed by atoms with Crippen LogP contribution >= 0.6 is 0 Å². The number of hydrogen-bond donors (Lipinski definition) is 3. The average molecular weight is 459 g/mol. The smallest absolute Gasteiger partial charge is 0.250 e. The Kier molecular flexibility index (Phi) is 5.48. The molecular formula is C28H27FN2O3. The van der Waals surface area contributed by atoms with Crippen molar-refractivity contribution in [3.8, 4) is 5.75 Å². The first kappa shape index (κ1) is 22.3. The number of benzene rings is 3. The number of carbonyl (C=O) groups excluding carboxylic acids is 2. The molecule has 5 rings (SSSR count). The molecule has 0 bridgehead atoms. The average Bonchev–Trinajstić information content (AvgIpc) is 3.29. The summed E-state index contributed by atoms with van der Waals surface area (Å²) in [6, 6.07) is 19.5. The number of carbonyl (C=O) groups is 2. The third kappa shape index (κ3) is 3.49. The highest BCUT2D eigenvalue weighted by atomic mass is 19.1. The van der Waals surface area contributed by atoms with Gasteiger partial charge in [0, 0.05) is 34.7 Å². The van der Waals surface area contributed by atoms with Crippen LogP contribution in [0.3, 0.4) is 0 Å². The normalized spacial score (nSPS) is 25.5. The zero-order valence-electron chi connectivity index (χ0n) is 19.1. The molecule has 0 unspecified atom stereocenters. The van der Waals surface area contributed by atoms with E-state index in [1.807, 2.05) is 24.3 Å². The summed E-state index contributed by atoms with van der Waals surface area (Å²) >= 11 is 0. The maximum absolute atomic E-state index is 14.0. The van der Waals surface area contributed by atoms with Crippen molar-refractivity contribution >= 4 is 17.4 Å². The van der Waals surface area contributed by atoms with E-state index in [-0.39, 0.29) is 35.2 Å². The predicted molar refractivity (Wildman–Crippen MR) is 128 cm³/mol. The summed E-state index contributed by atoms with van der Waals surface area (Å²) in [7, 11) is 0. The van der Waals surface area contributed by atoms with Crippen LogP contribution in [0.15, 0.2) is 72.8 Å². The highest BCUT2D eigenvalue weighted by Gasteiger charge is 2.63. The van der Waals surface area contributed by atoms with E-state index in [1.165, 1.54) is 24.3 Å². The summed E-state index contributed by atoms with van der Waals surface area (Å²) in [5.41, 5.74) is 1.54. The van der Waals surface area contributed by atoms with E-state index in [2.05, 4.69) is 24.5 Å². The van der Waals surface area contributed by atoms with Crippen molar-refractivity contribution < 1.29 is 19.1 Å². The maximum Gasteiger partial charge on any atom is 0.250 e. The van der Waals surface area contributed by atoms with Crippen LogP contribution in [0.2, 0.25) is 0 Å². The van der Waals surface area contributed by atoms with Crippen molar-refractivity contribution in [1.82, 2.24) is 5.32 Å². The van der Waals surface area contributed by atoms with Gasteiger partial charge < -0.3 is 10.4 Å². The molecule has 1 fully saturated rings. The van der Waals surface area contributed by atoms with Crippen LogP contribution in [0.5, 0.6) is 5.75 Å². The van der Waals surface area contributed by atoms with Crippen molar-refractivity contribution in [3.05, 3.63) is 95.3 Å². The number of anilines is 1. The van der Waals surface area contributed by atoms with Crippen LogP contribution in [0.4, 0.5) is 10.1 Å². The van der Waals surface area contributed by atoms with Gasteiger partial charge in [0.15, 0.2) is 5.78 Å². The molecule has 1 saturated heterocycles. The second kappa shape index (κ2) is 8.37. The summed E-state index contributed by atoms with van der Waals surface area (Å²) < 4.78 is 13.9. The first-order valence-electron chi connectivity index (χ1n) is 11.6. The lowest BCUT2D eigenvalue weighted by atomic mass is 9.69. The molecule has 2 aliphatic heterocycles. The fourth-order valence-electron chi connectivity index (χ4n) is 5.70. The van der Waals surface area contributed by atoms with E-state index in [0.717, 1.165) is 11.1 Å². The molecule has 1 amide bonds. The first-order chi connectivity index (χ1) is 16.3. The number of nitrogens with one attached hydrogen (secondary N) is 2. The standard InChI is InChI=1S/C28H27FN2O3/c1-16(2)15-23-24(26(33)18-9-13-20(32)14-10-18)25(17-7-11-19(29)12-8-17)28(31-23)21-5-3-4-6-22(21)30-27(28)34/h3-14,16,23-25,31-32H,15H2,1-2H3,(H,30,34)/t23-,24-,25+,28-/m1/s1. The van der Waals surface area contributed by atoms with Crippen molar-refractivity contribution in [2.45, 2.75) is 37.8 Å². The largest absolute Gasteiger partial charge is 0.508 e. The van der Waals surface area contributed by atoms with Gasteiger partial charge in [-0.15, -0.1) is 0 Å². The molecule has 0 radical (unpaired) electrons. The highest BCUT2D eigenvalue weighted by molar-refractivity contribution is 6.09. The number of hydrogen-bond acceptors (Lipinski definition) is 4. The van der Waals surface area contributed by atoms with E-state index >= 15 is 0 Å². The lowest BCUT2D eigenvalue weighted by Crippen LogP contribution is -2.49. The highest BCUT2D eigenvalue weighted by Crippen LogP contribution is 2.55. The summed E-state index contributed by atoms with van der Waals surface area (Å²) in [5.74, 6) is -1.47. The quantitative estimate of drug-likeness (QED) is 0.471. The van der Waals surface area contributed by atoms with Crippen molar-refractivity contribution in [3.63, 3.8) is 0 Å². The molecule has 4 atom stereocenters. The zero-order chi connectivity index (χ0) is 24.0. The SMILES string of the molecule is CC(C)C[C@H]1N[C@@]2(C(=O)Nc3ccccc32)[C@@H](c2ccc(F)cc2)[C@@H]1C(=O)c1ccc(O)cc1. The van der Waals surface area contributed by atoms with Crippen molar-refractivity contribution in [2.75, 3.05) is 5.32 Å². The van der Waals surface area contributed by atoms with Crippen LogP contribution in [0, 0.1) is 17.7 Å². The minimum atomic E-state index is -1.16. The van der Waals surface area contributed by atoms with Gasteiger partial charge in [-0.2, -0.15) is 0 Å². The molecule has 34 heavy (non-hydrogen) atoms. The fourth-order valence-corrected chi connectivity index (χ4v) is 5.70. The van der Waals surface area contributed by atoms with Gasteiger partial charge in [0.2, 0.25) is 5.91 Å². The first-order valence-corrected chi connectivity index (χ1v) is 11.6. The Bertz CT molecular complexity index is 1240. The number of phenols is 1. The number of rotatable bonds is 5. The van der Waals surface area contributed by atoms with E-state index < -0.39 is 17.4 Å². The number of amides is 1. The molecule has 2 heterocycles. The Labute approximate surface area is 198 Å². The topological polar surface area (TPSA) is 78.4 Å². The van der Waals surface area contributed by atoms with Crippen molar-refractivity contribution in [2.24, 2.45) is 11.8 Å². The third-order valence-corrected chi connectivity index (χ3v) is 7.04. The number of ketones is 1. The van der Waals surface area contributed by atoms with Crippen LogP contribution in [0.25, 0.3) is 0 Å². The lowest BCUT2D eigenvalue weighted by molar-refractivity contribution is -0.122. The summed E-state index contributed by atoms with van der Waals surface area (Å²) in [4.78, 5) is 27.7. The zero-order valence-corrected chi connectivity index (χ0v) is 19.1. The Morgan fingerprint density at radius 1 is 1.03 bits per heavy atom. The minimum absolute atomic E-state index is 0.0791. The molecule has 5 nitrogen and oxygen atoms in total. The van der Waals surface area contributed by atoms with Gasteiger partial charge in [0.05, 0.1) is 0 Å². The predicted octanol–water partition coefficient (Wildman–Crippen LogP) is 4.98. The van der Waals surface area contributed by atoms with Crippen LogP contribution in [-0.2, 0) is 10.3 Å². The second-order valence-corrected chi connectivity index (χ2v) is 9.65. The Hall–Kier alpha value is -3.51. The molecule has 3 N–H and O–H groups in total. The molecule has 3 aromatic carbocycles.